The lowest BCUT2D eigenvalue weighted by Crippen LogP contribution is -2.47. The molecule has 2 rings (SSSR count). The van der Waals surface area contributed by atoms with Gasteiger partial charge in [-0.3, -0.25) is 4.79 Å². The fraction of sp³-hybridized carbons (Fsp3) is 0.611. The van der Waals surface area contributed by atoms with Crippen LogP contribution in [-0.4, -0.2) is 55.5 Å². The number of hydrogen-bond acceptors (Lipinski definition) is 3. The minimum Gasteiger partial charge on any atom is -0.340 e. The molecule has 0 atom stereocenters. The maximum absolute atomic E-state index is 12.1. The van der Waals surface area contributed by atoms with Crippen molar-refractivity contribution in [1.82, 2.24) is 15.1 Å². The van der Waals surface area contributed by atoms with E-state index in [0.717, 1.165) is 39.3 Å². The second kappa shape index (κ2) is 8.30. The molecule has 0 unspecified atom stereocenters. The SMILES string of the molecule is CC(C)c1ccc(CN(C)CCC(=O)N2CCNCC2)cc1. The minimum atomic E-state index is 0.281. The Bertz CT molecular complexity index is 464. The molecule has 122 valence electrons. The molecule has 0 spiro atoms. The number of carbonyl (C=O) groups excluding carboxylic acids is 1. The van der Waals surface area contributed by atoms with Crippen LogP contribution >= 0.6 is 0 Å². The number of piperazine rings is 1. The van der Waals surface area contributed by atoms with Crippen molar-refractivity contribution in [2.75, 3.05) is 39.8 Å². The highest BCUT2D eigenvalue weighted by molar-refractivity contribution is 5.76. The first-order valence-corrected chi connectivity index (χ1v) is 8.32. The fourth-order valence-electron chi connectivity index (χ4n) is 2.76. The fourth-order valence-corrected chi connectivity index (χ4v) is 2.76. The van der Waals surface area contributed by atoms with E-state index in [9.17, 15) is 4.79 Å². The van der Waals surface area contributed by atoms with Crippen molar-refractivity contribution in [2.45, 2.75) is 32.7 Å². The van der Waals surface area contributed by atoms with Gasteiger partial charge < -0.3 is 15.1 Å². The summed E-state index contributed by atoms with van der Waals surface area (Å²) in [5.41, 5.74) is 2.68. The lowest BCUT2D eigenvalue weighted by Gasteiger charge is -2.28. The van der Waals surface area contributed by atoms with E-state index >= 15 is 0 Å². The Morgan fingerprint density at radius 2 is 1.86 bits per heavy atom. The molecule has 1 aromatic carbocycles. The summed E-state index contributed by atoms with van der Waals surface area (Å²) < 4.78 is 0. The number of rotatable bonds is 6. The smallest absolute Gasteiger partial charge is 0.223 e. The van der Waals surface area contributed by atoms with Crippen molar-refractivity contribution in [3.8, 4) is 0 Å². The third-order valence-electron chi connectivity index (χ3n) is 4.28. The number of nitrogens with one attached hydrogen (secondary N) is 1. The lowest BCUT2D eigenvalue weighted by molar-refractivity contribution is -0.132. The molecule has 1 heterocycles. The molecule has 1 aliphatic rings. The zero-order valence-electron chi connectivity index (χ0n) is 14.1. The molecule has 0 aromatic heterocycles. The molecular weight excluding hydrogens is 274 g/mol. The number of amides is 1. The van der Waals surface area contributed by atoms with Crippen LogP contribution in [0.3, 0.4) is 0 Å². The lowest BCUT2D eigenvalue weighted by atomic mass is 10.0. The van der Waals surface area contributed by atoms with Crippen LogP contribution in [0.5, 0.6) is 0 Å². The Kier molecular flexibility index (Phi) is 6.40. The molecule has 0 saturated carbocycles. The monoisotopic (exact) mass is 303 g/mol. The molecule has 1 amide bonds. The highest BCUT2D eigenvalue weighted by Crippen LogP contribution is 2.15. The number of benzene rings is 1. The van der Waals surface area contributed by atoms with Crippen LogP contribution in [0.4, 0.5) is 0 Å². The molecular formula is C18H29N3O. The molecule has 0 aliphatic carbocycles. The number of carbonyl (C=O) groups is 1. The molecule has 0 bridgehead atoms. The van der Waals surface area contributed by atoms with E-state index in [4.69, 9.17) is 0 Å². The third kappa shape index (κ3) is 5.11. The first-order chi connectivity index (χ1) is 10.6. The van der Waals surface area contributed by atoms with E-state index in [1.165, 1.54) is 11.1 Å². The van der Waals surface area contributed by atoms with E-state index < -0.39 is 0 Å². The molecule has 1 aliphatic heterocycles. The summed E-state index contributed by atoms with van der Waals surface area (Å²) in [5, 5.41) is 3.28. The third-order valence-corrected chi connectivity index (χ3v) is 4.28. The molecule has 22 heavy (non-hydrogen) atoms. The topological polar surface area (TPSA) is 35.6 Å². The van der Waals surface area contributed by atoms with Crippen molar-refractivity contribution in [1.29, 1.82) is 0 Å². The van der Waals surface area contributed by atoms with Crippen LogP contribution in [0.2, 0.25) is 0 Å². The van der Waals surface area contributed by atoms with Crippen molar-refractivity contribution in [3.63, 3.8) is 0 Å². The van der Waals surface area contributed by atoms with Crippen LogP contribution in [0.1, 0.15) is 37.3 Å². The summed E-state index contributed by atoms with van der Waals surface area (Å²) >= 11 is 0. The van der Waals surface area contributed by atoms with E-state index in [1.54, 1.807) is 0 Å². The van der Waals surface area contributed by atoms with Gasteiger partial charge in [-0.1, -0.05) is 38.1 Å². The first-order valence-electron chi connectivity index (χ1n) is 8.32. The second-order valence-electron chi connectivity index (χ2n) is 6.51. The van der Waals surface area contributed by atoms with Gasteiger partial charge in [0.05, 0.1) is 0 Å². The summed E-state index contributed by atoms with van der Waals surface area (Å²) in [5.74, 6) is 0.854. The van der Waals surface area contributed by atoms with Crippen LogP contribution in [0.25, 0.3) is 0 Å². The van der Waals surface area contributed by atoms with Crippen LogP contribution in [0.15, 0.2) is 24.3 Å². The van der Waals surface area contributed by atoms with Gasteiger partial charge in [0, 0.05) is 45.7 Å². The van der Waals surface area contributed by atoms with Gasteiger partial charge in [-0.05, 0) is 24.1 Å². The Morgan fingerprint density at radius 3 is 2.45 bits per heavy atom. The van der Waals surface area contributed by atoms with Crippen LogP contribution in [0, 0.1) is 0 Å². The summed E-state index contributed by atoms with van der Waals surface area (Å²) in [6, 6.07) is 8.81. The van der Waals surface area contributed by atoms with Gasteiger partial charge in [0.1, 0.15) is 0 Å². The Labute approximate surface area is 134 Å². The molecule has 4 nitrogen and oxygen atoms in total. The van der Waals surface area contributed by atoms with Gasteiger partial charge in [-0.15, -0.1) is 0 Å². The number of hydrogen-bond donors (Lipinski definition) is 1. The summed E-state index contributed by atoms with van der Waals surface area (Å²) in [6.07, 6.45) is 0.612. The largest absolute Gasteiger partial charge is 0.340 e. The van der Waals surface area contributed by atoms with Gasteiger partial charge >= 0.3 is 0 Å². The highest BCUT2D eigenvalue weighted by Gasteiger charge is 2.16. The average Bonchev–Trinajstić information content (AvgIpc) is 2.54. The van der Waals surface area contributed by atoms with E-state index in [1.807, 2.05) is 4.90 Å². The molecule has 1 saturated heterocycles. The van der Waals surface area contributed by atoms with E-state index in [-0.39, 0.29) is 5.91 Å². The molecule has 1 N–H and O–H groups in total. The predicted octanol–water partition coefficient (Wildman–Crippen LogP) is 2.06. The standard InChI is InChI=1S/C18H29N3O/c1-15(2)17-6-4-16(5-7-17)14-20(3)11-8-18(22)21-12-9-19-10-13-21/h4-7,15,19H,8-14H2,1-3H3. The van der Waals surface area contributed by atoms with Gasteiger partial charge in [0.2, 0.25) is 5.91 Å². The summed E-state index contributed by atoms with van der Waals surface area (Å²) in [4.78, 5) is 16.3. The van der Waals surface area contributed by atoms with E-state index in [2.05, 4.69) is 55.4 Å². The quantitative estimate of drug-likeness (QED) is 0.874. The van der Waals surface area contributed by atoms with Gasteiger partial charge in [-0.2, -0.15) is 0 Å². The van der Waals surface area contributed by atoms with Crippen molar-refractivity contribution in [2.24, 2.45) is 0 Å². The van der Waals surface area contributed by atoms with Gasteiger partial charge in [0.25, 0.3) is 0 Å². The average molecular weight is 303 g/mol. The Balaban J connectivity index is 1.75. The normalized spacial score (nSPS) is 15.6. The Hall–Kier alpha value is -1.39. The Morgan fingerprint density at radius 1 is 1.23 bits per heavy atom. The predicted molar refractivity (Wildman–Crippen MR) is 90.9 cm³/mol. The molecule has 4 heteroatoms. The molecule has 1 fully saturated rings. The first kappa shape index (κ1) is 17.0. The minimum absolute atomic E-state index is 0.281. The zero-order chi connectivity index (χ0) is 15.9. The number of nitrogens with zero attached hydrogens (tertiary/aromatic N) is 2. The van der Waals surface area contributed by atoms with Crippen molar-refractivity contribution < 1.29 is 4.79 Å². The second-order valence-corrected chi connectivity index (χ2v) is 6.51. The zero-order valence-corrected chi connectivity index (χ0v) is 14.1. The molecule has 1 aromatic rings. The maximum Gasteiger partial charge on any atom is 0.223 e. The van der Waals surface area contributed by atoms with Crippen molar-refractivity contribution in [3.05, 3.63) is 35.4 Å². The van der Waals surface area contributed by atoms with Crippen LogP contribution in [-0.2, 0) is 11.3 Å². The molecule has 0 radical (unpaired) electrons. The van der Waals surface area contributed by atoms with Gasteiger partial charge in [-0.25, -0.2) is 0 Å². The van der Waals surface area contributed by atoms with E-state index in [0.29, 0.717) is 12.3 Å². The summed E-state index contributed by atoms with van der Waals surface area (Å²) in [6.45, 7) is 9.67. The summed E-state index contributed by atoms with van der Waals surface area (Å²) in [7, 11) is 2.08. The van der Waals surface area contributed by atoms with Crippen molar-refractivity contribution >= 4 is 5.91 Å². The van der Waals surface area contributed by atoms with Gasteiger partial charge in [0.15, 0.2) is 0 Å². The highest BCUT2D eigenvalue weighted by atomic mass is 16.2. The maximum atomic E-state index is 12.1. The van der Waals surface area contributed by atoms with Crippen LogP contribution < -0.4 is 5.32 Å².